The van der Waals surface area contributed by atoms with Crippen molar-refractivity contribution in [2.24, 2.45) is 0 Å². The molecule has 2 unspecified atom stereocenters. The Labute approximate surface area is 227 Å². The van der Waals surface area contributed by atoms with Crippen LogP contribution in [0.1, 0.15) is 56.4 Å². The van der Waals surface area contributed by atoms with Gasteiger partial charge in [0.2, 0.25) is 11.8 Å². The van der Waals surface area contributed by atoms with E-state index in [9.17, 15) is 32.3 Å². The molecule has 2 aliphatic heterocycles. The van der Waals surface area contributed by atoms with E-state index in [0.29, 0.717) is 17.7 Å². The Bertz CT molecular complexity index is 1290. The summed E-state index contributed by atoms with van der Waals surface area (Å²) >= 11 is 6.12. The van der Waals surface area contributed by atoms with E-state index < -0.39 is 47.6 Å². The molecule has 0 aliphatic carbocycles. The molecule has 0 saturated carbocycles. The van der Waals surface area contributed by atoms with Crippen LogP contribution in [-0.2, 0) is 22.7 Å². The maximum absolute atomic E-state index is 13.9. The molecule has 2 atom stereocenters. The topological polar surface area (TPSA) is 112 Å². The SMILES string of the molecule is CN(C)Cc1cnc(C(NC(=O)c2ccc3c(c2)CN(C2CCC(=O)NC2=O)C3=O)C(F)(F)F)c(Cl)c1.Cl. The number of benzene rings is 1. The summed E-state index contributed by atoms with van der Waals surface area (Å²) in [5.41, 5.74) is 0.580. The summed E-state index contributed by atoms with van der Waals surface area (Å²) in [7, 11) is 3.57. The predicted octanol–water partition coefficient (Wildman–Crippen LogP) is 3.01. The van der Waals surface area contributed by atoms with Gasteiger partial charge in [-0.3, -0.25) is 29.5 Å². The zero-order chi connectivity index (χ0) is 27.1. The van der Waals surface area contributed by atoms with E-state index in [2.05, 4.69) is 10.3 Å². The lowest BCUT2D eigenvalue weighted by atomic mass is 10.0. The molecule has 3 heterocycles. The largest absolute Gasteiger partial charge is 0.414 e. The number of nitrogens with zero attached hydrogens (tertiary/aromatic N) is 3. The first kappa shape index (κ1) is 29.3. The first-order valence-electron chi connectivity index (χ1n) is 11.3. The van der Waals surface area contributed by atoms with E-state index in [1.165, 1.54) is 35.4 Å². The van der Waals surface area contributed by atoms with Gasteiger partial charge >= 0.3 is 6.18 Å². The van der Waals surface area contributed by atoms with Crippen LogP contribution in [0, 0.1) is 0 Å². The first-order valence-corrected chi connectivity index (χ1v) is 11.7. The molecule has 204 valence electrons. The van der Waals surface area contributed by atoms with Crippen molar-refractivity contribution in [2.45, 2.75) is 44.2 Å². The van der Waals surface area contributed by atoms with Crippen LogP contribution in [0.2, 0.25) is 5.02 Å². The molecule has 4 rings (SSSR count). The third kappa shape index (κ3) is 6.08. The highest BCUT2D eigenvalue weighted by Crippen LogP contribution is 2.36. The highest BCUT2D eigenvalue weighted by atomic mass is 35.5. The Morgan fingerprint density at radius 3 is 2.58 bits per heavy atom. The number of carbonyl (C=O) groups is 4. The molecule has 4 amide bonds. The molecule has 1 saturated heterocycles. The van der Waals surface area contributed by atoms with E-state index >= 15 is 0 Å². The van der Waals surface area contributed by atoms with Crippen molar-refractivity contribution in [3.05, 3.63) is 63.4 Å². The van der Waals surface area contributed by atoms with Crippen molar-refractivity contribution in [1.29, 1.82) is 0 Å². The third-order valence-electron chi connectivity index (χ3n) is 6.09. The number of aromatic nitrogens is 1. The summed E-state index contributed by atoms with van der Waals surface area (Å²) in [5, 5.41) is 3.91. The number of carbonyl (C=O) groups excluding carboxylic acids is 4. The summed E-state index contributed by atoms with van der Waals surface area (Å²) in [6.45, 7) is 0.394. The summed E-state index contributed by atoms with van der Waals surface area (Å²) in [5.74, 6) is -2.51. The van der Waals surface area contributed by atoms with E-state index in [4.69, 9.17) is 11.6 Å². The van der Waals surface area contributed by atoms with E-state index in [1.807, 2.05) is 5.32 Å². The average molecular weight is 574 g/mol. The van der Waals surface area contributed by atoms with Gasteiger partial charge in [-0.25, -0.2) is 0 Å². The molecule has 14 heteroatoms. The number of piperidine rings is 1. The average Bonchev–Trinajstić information content (AvgIpc) is 3.12. The standard InChI is InChI=1S/C24H23ClF3N5O4.ClH/c1-32(2)10-12-7-16(25)19(29-9-12)20(24(26,27)28)31-21(35)13-3-4-15-14(8-13)11-33(23(15)37)17-5-6-18(34)30-22(17)36;/h3-4,7-9,17,20H,5-6,10-11H2,1-2H3,(H,31,35)(H,30,34,36);1H. The molecule has 2 aliphatic rings. The number of alkyl halides is 3. The molecule has 0 bridgehead atoms. The number of amides is 4. The first-order chi connectivity index (χ1) is 17.3. The van der Waals surface area contributed by atoms with Crippen LogP contribution in [0.5, 0.6) is 0 Å². The zero-order valence-electron chi connectivity index (χ0n) is 20.3. The van der Waals surface area contributed by atoms with Gasteiger partial charge in [0.1, 0.15) is 6.04 Å². The molecular weight excluding hydrogens is 550 g/mol. The van der Waals surface area contributed by atoms with Gasteiger partial charge in [0.05, 0.1) is 10.7 Å². The molecule has 38 heavy (non-hydrogen) atoms. The van der Waals surface area contributed by atoms with Gasteiger partial charge in [-0.05, 0) is 55.9 Å². The second kappa shape index (κ2) is 11.3. The number of hydrogen-bond acceptors (Lipinski definition) is 6. The maximum atomic E-state index is 13.9. The molecule has 9 nitrogen and oxygen atoms in total. The van der Waals surface area contributed by atoms with Crippen molar-refractivity contribution < 1.29 is 32.3 Å². The quantitative estimate of drug-likeness (QED) is 0.514. The molecule has 1 aromatic heterocycles. The van der Waals surface area contributed by atoms with Crippen LogP contribution >= 0.6 is 24.0 Å². The normalized spacial score (nSPS) is 18.1. The van der Waals surface area contributed by atoms with Crippen LogP contribution in [0.3, 0.4) is 0 Å². The minimum atomic E-state index is -4.88. The Balaban J connectivity index is 0.00000400. The van der Waals surface area contributed by atoms with Crippen molar-refractivity contribution in [3.8, 4) is 0 Å². The van der Waals surface area contributed by atoms with Crippen molar-refractivity contribution in [2.75, 3.05) is 14.1 Å². The lowest BCUT2D eigenvalue weighted by molar-refractivity contribution is -0.156. The smallest absolute Gasteiger partial charge is 0.335 e. The summed E-state index contributed by atoms with van der Waals surface area (Å²) in [6.07, 6.45) is -3.37. The van der Waals surface area contributed by atoms with Crippen LogP contribution in [0.4, 0.5) is 13.2 Å². The van der Waals surface area contributed by atoms with Gasteiger partial charge in [0.15, 0.2) is 6.04 Å². The van der Waals surface area contributed by atoms with Gasteiger partial charge in [-0.2, -0.15) is 13.2 Å². The van der Waals surface area contributed by atoms with Gasteiger partial charge in [-0.1, -0.05) is 11.6 Å². The second-order valence-electron chi connectivity index (χ2n) is 9.17. The van der Waals surface area contributed by atoms with Crippen molar-refractivity contribution >= 4 is 47.6 Å². The second-order valence-corrected chi connectivity index (χ2v) is 9.58. The third-order valence-corrected chi connectivity index (χ3v) is 6.39. The molecule has 1 fully saturated rings. The predicted molar refractivity (Wildman–Crippen MR) is 133 cm³/mol. The summed E-state index contributed by atoms with van der Waals surface area (Å²) in [6, 6.07) is 1.95. The van der Waals surface area contributed by atoms with Crippen LogP contribution in [0.15, 0.2) is 30.5 Å². The van der Waals surface area contributed by atoms with Crippen molar-refractivity contribution in [1.82, 2.24) is 25.4 Å². The maximum Gasteiger partial charge on any atom is 0.414 e. The highest BCUT2D eigenvalue weighted by Gasteiger charge is 2.44. The van der Waals surface area contributed by atoms with Crippen LogP contribution in [0.25, 0.3) is 0 Å². The minimum absolute atomic E-state index is 0. The van der Waals surface area contributed by atoms with Gasteiger partial charge in [0.25, 0.3) is 11.8 Å². The number of halogens is 5. The molecule has 2 N–H and O–H groups in total. The number of fused-ring (bicyclic) bond motifs is 1. The van der Waals surface area contributed by atoms with Crippen molar-refractivity contribution in [3.63, 3.8) is 0 Å². The molecular formula is C24H24Cl2F3N5O4. The number of hydrogen-bond donors (Lipinski definition) is 2. The lowest BCUT2D eigenvalue weighted by Crippen LogP contribution is -2.52. The molecule has 0 spiro atoms. The van der Waals surface area contributed by atoms with Gasteiger partial charge < -0.3 is 15.1 Å². The van der Waals surface area contributed by atoms with Gasteiger partial charge in [0, 0.05) is 36.8 Å². The summed E-state index contributed by atoms with van der Waals surface area (Å²) < 4.78 is 41.8. The Kier molecular flexibility index (Phi) is 8.69. The Morgan fingerprint density at radius 2 is 1.97 bits per heavy atom. The Hall–Kier alpha value is -3.22. The Morgan fingerprint density at radius 1 is 1.26 bits per heavy atom. The summed E-state index contributed by atoms with van der Waals surface area (Å²) in [4.78, 5) is 56.3. The lowest BCUT2D eigenvalue weighted by Gasteiger charge is -2.29. The van der Waals surface area contributed by atoms with E-state index in [-0.39, 0.29) is 47.9 Å². The van der Waals surface area contributed by atoms with E-state index in [0.717, 1.165) is 0 Å². The number of nitrogens with one attached hydrogen (secondary N) is 2. The minimum Gasteiger partial charge on any atom is -0.335 e. The fourth-order valence-electron chi connectivity index (χ4n) is 4.39. The fourth-order valence-corrected chi connectivity index (χ4v) is 4.69. The fraction of sp³-hybridized carbons (Fsp3) is 0.375. The number of imide groups is 1. The molecule has 0 radical (unpaired) electrons. The molecule has 1 aromatic carbocycles. The highest BCUT2D eigenvalue weighted by molar-refractivity contribution is 6.31. The van der Waals surface area contributed by atoms with Gasteiger partial charge in [-0.15, -0.1) is 12.4 Å². The molecule has 2 aromatic rings. The monoisotopic (exact) mass is 573 g/mol. The van der Waals surface area contributed by atoms with E-state index in [1.54, 1.807) is 19.0 Å². The number of rotatable bonds is 6. The van der Waals surface area contributed by atoms with Crippen LogP contribution in [-0.4, -0.2) is 64.7 Å². The zero-order valence-corrected chi connectivity index (χ0v) is 21.8. The van der Waals surface area contributed by atoms with Crippen LogP contribution < -0.4 is 10.6 Å². The number of pyridine rings is 1.